The molecule has 0 radical (unpaired) electrons. The Kier molecular flexibility index (Phi) is 4.07. The lowest BCUT2D eigenvalue weighted by Gasteiger charge is -2.24. The second-order valence-corrected chi connectivity index (χ2v) is 5.70. The molecule has 0 bridgehead atoms. The number of aromatic nitrogens is 3. The molecule has 2 N–H and O–H groups in total. The van der Waals surface area contributed by atoms with Gasteiger partial charge >= 0.3 is 0 Å². The zero-order valence-electron chi connectivity index (χ0n) is 12.5. The SMILES string of the molecule is CCC(O)(c1ccccc1)c1cn(-c2cc(Cl)ccc2O)nn1. The van der Waals surface area contributed by atoms with Gasteiger partial charge in [0.05, 0.1) is 6.20 Å². The van der Waals surface area contributed by atoms with E-state index in [-0.39, 0.29) is 5.75 Å². The molecule has 1 atom stereocenters. The minimum atomic E-state index is -1.24. The molecule has 0 fully saturated rings. The van der Waals surface area contributed by atoms with Gasteiger partial charge in [0.25, 0.3) is 0 Å². The number of halogens is 1. The van der Waals surface area contributed by atoms with Crippen LogP contribution in [-0.2, 0) is 5.60 Å². The summed E-state index contributed by atoms with van der Waals surface area (Å²) in [6, 6.07) is 14.0. The molecular weight excluding hydrogens is 314 g/mol. The zero-order valence-corrected chi connectivity index (χ0v) is 13.3. The van der Waals surface area contributed by atoms with Crippen molar-refractivity contribution in [3.05, 3.63) is 71.0 Å². The van der Waals surface area contributed by atoms with E-state index in [1.165, 1.54) is 10.7 Å². The summed E-state index contributed by atoms with van der Waals surface area (Å²) in [4.78, 5) is 0. The van der Waals surface area contributed by atoms with E-state index in [2.05, 4.69) is 10.3 Å². The van der Waals surface area contributed by atoms with E-state index in [1.54, 1.807) is 18.3 Å². The second-order valence-electron chi connectivity index (χ2n) is 5.26. The van der Waals surface area contributed by atoms with Gasteiger partial charge in [-0.05, 0) is 30.2 Å². The number of rotatable bonds is 4. The first kappa shape index (κ1) is 15.5. The Morgan fingerprint density at radius 2 is 1.91 bits per heavy atom. The van der Waals surface area contributed by atoms with Crippen molar-refractivity contribution in [2.75, 3.05) is 0 Å². The Labute approximate surface area is 138 Å². The number of aliphatic hydroxyl groups is 1. The average molecular weight is 330 g/mol. The van der Waals surface area contributed by atoms with Crippen LogP contribution in [0.2, 0.25) is 5.02 Å². The van der Waals surface area contributed by atoms with E-state index >= 15 is 0 Å². The highest BCUT2D eigenvalue weighted by atomic mass is 35.5. The highest BCUT2D eigenvalue weighted by Crippen LogP contribution is 2.32. The van der Waals surface area contributed by atoms with Gasteiger partial charge in [-0.2, -0.15) is 0 Å². The Morgan fingerprint density at radius 3 is 2.61 bits per heavy atom. The van der Waals surface area contributed by atoms with Crippen LogP contribution in [0.5, 0.6) is 5.75 Å². The molecule has 0 aliphatic rings. The van der Waals surface area contributed by atoms with Gasteiger partial charge in [-0.1, -0.05) is 54.1 Å². The third kappa shape index (κ3) is 2.81. The summed E-state index contributed by atoms with van der Waals surface area (Å²) in [5, 5.41) is 29.6. The summed E-state index contributed by atoms with van der Waals surface area (Å²) in [7, 11) is 0. The molecule has 0 spiro atoms. The topological polar surface area (TPSA) is 71.2 Å². The molecule has 118 valence electrons. The van der Waals surface area contributed by atoms with Crippen molar-refractivity contribution < 1.29 is 10.2 Å². The lowest BCUT2D eigenvalue weighted by atomic mass is 9.88. The number of hydrogen-bond acceptors (Lipinski definition) is 4. The van der Waals surface area contributed by atoms with Crippen LogP contribution in [0.4, 0.5) is 0 Å². The number of phenols is 1. The number of aromatic hydroxyl groups is 1. The summed E-state index contributed by atoms with van der Waals surface area (Å²) in [6.07, 6.45) is 2.04. The molecule has 1 unspecified atom stereocenters. The standard InChI is InChI=1S/C17H16ClN3O2/c1-2-17(23,12-6-4-3-5-7-12)16-11-21(20-19-16)14-10-13(18)8-9-15(14)22/h3-11,22-23H,2H2,1H3. The fraction of sp³-hybridized carbons (Fsp3) is 0.176. The molecule has 3 rings (SSSR count). The van der Waals surface area contributed by atoms with Gasteiger partial charge in [0.2, 0.25) is 0 Å². The molecule has 1 aromatic heterocycles. The van der Waals surface area contributed by atoms with E-state index in [0.717, 1.165) is 5.56 Å². The van der Waals surface area contributed by atoms with Crippen molar-refractivity contribution >= 4 is 11.6 Å². The van der Waals surface area contributed by atoms with Crippen LogP contribution in [0.15, 0.2) is 54.7 Å². The van der Waals surface area contributed by atoms with Crippen LogP contribution in [0, 0.1) is 0 Å². The lowest BCUT2D eigenvalue weighted by molar-refractivity contribution is 0.0718. The lowest BCUT2D eigenvalue weighted by Crippen LogP contribution is -2.26. The second kappa shape index (κ2) is 6.02. The Hall–Kier alpha value is -2.37. The van der Waals surface area contributed by atoms with Crippen LogP contribution >= 0.6 is 11.6 Å². The molecular formula is C17H16ClN3O2. The quantitative estimate of drug-likeness (QED) is 0.770. The van der Waals surface area contributed by atoms with Gasteiger partial charge in [0.15, 0.2) is 0 Å². The Bertz CT molecular complexity index is 820. The summed E-state index contributed by atoms with van der Waals surface area (Å²) in [5.41, 5.74) is 0.312. The van der Waals surface area contributed by atoms with E-state index in [0.29, 0.717) is 22.8 Å². The molecule has 6 heteroatoms. The van der Waals surface area contributed by atoms with Gasteiger partial charge in [-0.3, -0.25) is 0 Å². The first-order chi connectivity index (χ1) is 11.0. The summed E-state index contributed by atoms with van der Waals surface area (Å²) < 4.78 is 1.40. The smallest absolute Gasteiger partial charge is 0.141 e. The molecule has 3 aromatic rings. The first-order valence-corrected chi connectivity index (χ1v) is 7.62. The Balaban J connectivity index is 2.05. The largest absolute Gasteiger partial charge is 0.506 e. The van der Waals surface area contributed by atoms with E-state index in [4.69, 9.17) is 11.6 Å². The van der Waals surface area contributed by atoms with Crippen molar-refractivity contribution in [2.24, 2.45) is 0 Å². The van der Waals surface area contributed by atoms with Crippen molar-refractivity contribution in [2.45, 2.75) is 18.9 Å². The molecule has 0 amide bonds. The molecule has 1 heterocycles. The molecule has 0 aliphatic heterocycles. The zero-order chi connectivity index (χ0) is 16.4. The van der Waals surface area contributed by atoms with E-state index in [9.17, 15) is 10.2 Å². The van der Waals surface area contributed by atoms with Crippen LogP contribution < -0.4 is 0 Å². The maximum absolute atomic E-state index is 11.0. The monoisotopic (exact) mass is 329 g/mol. The maximum Gasteiger partial charge on any atom is 0.141 e. The summed E-state index contributed by atoms with van der Waals surface area (Å²) >= 11 is 5.96. The van der Waals surface area contributed by atoms with Gasteiger partial charge < -0.3 is 10.2 Å². The van der Waals surface area contributed by atoms with Crippen molar-refractivity contribution in [1.29, 1.82) is 0 Å². The van der Waals surface area contributed by atoms with Crippen LogP contribution in [0.1, 0.15) is 24.6 Å². The fourth-order valence-electron chi connectivity index (χ4n) is 2.50. The third-order valence-electron chi connectivity index (χ3n) is 3.86. The number of hydrogen-bond donors (Lipinski definition) is 2. The highest BCUT2D eigenvalue weighted by molar-refractivity contribution is 6.30. The summed E-state index contributed by atoms with van der Waals surface area (Å²) in [6.45, 7) is 1.88. The minimum absolute atomic E-state index is 0.0330. The predicted molar refractivity (Wildman–Crippen MR) is 87.8 cm³/mol. The molecule has 0 saturated heterocycles. The number of phenolic OH excluding ortho intramolecular Hbond substituents is 1. The number of benzene rings is 2. The van der Waals surface area contributed by atoms with Crippen LogP contribution in [-0.4, -0.2) is 25.2 Å². The van der Waals surface area contributed by atoms with E-state index < -0.39 is 5.60 Å². The molecule has 5 nitrogen and oxygen atoms in total. The maximum atomic E-state index is 11.0. The Morgan fingerprint density at radius 1 is 1.17 bits per heavy atom. The average Bonchev–Trinajstić information content (AvgIpc) is 3.07. The van der Waals surface area contributed by atoms with Crippen LogP contribution in [0.25, 0.3) is 5.69 Å². The molecule has 2 aromatic carbocycles. The number of nitrogens with zero attached hydrogens (tertiary/aromatic N) is 3. The molecule has 0 saturated carbocycles. The van der Waals surface area contributed by atoms with Gasteiger partial charge in [0.1, 0.15) is 22.7 Å². The predicted octanol–water partition coefficient (Wildman–Crippen LogP) is 3.27. The van der Waals surface area contributed by atoms with Crippen molar-refractivity contribution in [3.63, 3.8) is 0 Å². The third-order valence-corrected chi connectivity index (χ3v) is 4.10. The normalized spacial score (nSPS) is 13.7. The first-order valence-electron chi connectivity index (χ1n) is 7.24. The minimum Gasteiger partial charge on any atom is -0.506 e. The van der Waals surface area contributed by atoms with Crippen molar-refractivity contribution in [1.82, 2.24) is 15.0 Å². The highest BCUT2D eigenvalue weighted by Gasteiger charge is 2.32. The fourth-order valence-corrected chi connectivity index (χ4v) is 2.66. The van der Waals surface area contributed by atoms with Gasteiger partial charge in [-0.25, -0.2) is 4.68 Å². The van der Waals surface area contributed by atoms with Crippen LogP contribution in [0.3, 0.4) is 0 Å². The van der Waals surface area contributed by atoms with E-state index in [1.807, 2.05) is 37.3 Å². The van der Waals surface area contributed by atoms with Gasteiger partial charge in [-0.15, -0.1) is 5.10 Å². The van der Waals surface area contributed by atoms with Gasteiger partial charge in [0, 0.05) is 5.02 Å². The van der Waals surface area contributed by atoms with Crippen molar-refractivity contribution in [3.8, 4) is 11.4 Å². The molecule has 0 aliphatic carbocycles. The molecule has 23 heavy (non-hydrogen) atoms. The summed E-state index contributed by atoms with van der Waals surface area (Å²) in [5.74, 6) is 0.0330.